The van der Waals surface area contributed by atoms with Crippen LogP contribution < -0.4 is 5.32 Å². The molecule has 2 aromatic rings. The largest absolute Gasteiger partial charge is 0.369 e. The van der Waals surface area contributed by atoms with Gasteiger partial charge in [-0.2, -0.15) is 0 Å². The molecule has 8 nitrogen and oxygen atoms in total. The first kappa shape index (κ1) is 20.8. The normalized spacial score (nSPS) is 12.5. The van der Waals surface area contributed by atoms with Gasteiger partial charge in [0.25, 0.3) is 0 Å². The quantitative estimate of drug-likeness (QED) is 0.643. The highest BCUT2D eigenvalue weighted by Gasteiger charge is 2.29. The van der Waals surface area contributed by atoms with Crippen molar-refractivity contribution in [2.75, 3.05) is 32.3 Å². The lowest BCUT2D eigenvalue weighted by Gasteiger charge is -2.14. The van der Waals surface area contributed by atoms with Gasteiger partial charge in [-0.1, -0.05) is 29.0 Å². The minimum Gasteiger partial charge on any atom is -0.369 e. The van der Waals surface area contributed by atoms with Gasteiger partial charge < -0.3 is 14.8 Å². The van der Waals surface area contributed by atoms with Gasteiger partial charge in [-0.25, -0.2) is 21.8 Å². The van der Waals surface area contributed by atoms with Crippen LogP contribution >= 0.6 is 11.3 Å². The highest BCUT2D eigenvalue weighted by Crippen LogP contribution is 2.34. The lowest BCUT2D eigenvalue weighted by atomic mass is 10.2. The number of nitrogens with one attached hydrogen (secondary N) is 1. The molecule has 0 bridgehead atoms. The van der Waals surface area contributed by atoms with E-state index in [-0.39, 0.29) is 25.8 Å². The summed E-state index contributed by atoms with van der Waals surface area (Å²) >= 11 is 0.754. The predicted octanol–water partition coefficient (Wildman–Crippen LogP) is 1.72. The Morgan fingerprint density at radius 2 is 1.69 bits per heavy atom. The second-order valence-corrected chi connectivity index (χ2v) is 10.5. The van der Waals surface area contributed by atoms with E-state index in [1.807, 2.05) is 6.92 Å². The molecule has 0 fully saturated rings. The Bertz CT molecular complexity index is 961. The topological polar surface area (TPSA) is 112 Å². The number of sulfone groups is 2. The molecule has 0 aliphatic rings. The number of hydrogen-bond acceptors (Lipinski definition) is 9. The minimum absolute atomic E-state index is 0.0338. The average Bonchev–Trinajstić information content (AvgIpc) is 3.01. The zero-order valence-electron chi connectivity index (χ0n) is 14.7. The van der Waals surface area contributed by atoms with Crippen molar-refractivity contribution in [2.45, 2.75) is 27.5 Å². The Balaban J connectivity index is 2.51. The molecule has 0 saturated heterocycles. The smallest absolute Gasteiger partial charge is 0.226 e. The summed E-state index contributed by atoms with van der Waals surface area (Å²) < 4.78 is 59.4. The number of hydrogen-bond donors (Lipinski definition) is 1. The average molecular weight is 421 g/mol. The van der Waals surface area contributed by atoms with Crippen molar-refractivity contribution in [3.05, 3.63) is 29.8 Å². The number of rotatable bonds is 8. The minimum atomic E-state index is -4.00. The molecule has 0 amide bonds. The van der Waals surface area contributed by atoms with E-state index in [1.54, 1.807) is 12.1 Å². The van der Waals surface area contributed by atoms with Crippen molar-refractivity contribution in [3.8, 4) is 0 Å². The zero-order chi connectivity index (χ0) is 19.5. The van der Waals surface area contributed by atoms with Crippen LogP contribution in [-0.4, -0.2) is 55.1 Å². The molecule has 0 spiro atoms. The summed E-state index contributed by atoms with van der Waals surface area (Å²) in [5.74, 6) is 0. The number of nitrogens with zero attached hydrogens (tertiary/aromatic N) is 1. The van der Waals surface area contributed by atoms with Crippen LogP contribution in [0.5, 0.6) is 0 Å². The molecule has 26 heavy (non-hydrogen) atoms. The van der Waals surface area contributed by atoms with Crippen LogP contribution in [0, 0.1) is 6.92 Å². The third-order valence-corrected chi connectivity index (χ3v) is 7.95. The first-order valence-electron chi connectivity index (χ1n) is 7.41. The number of aromatic nitrogens is 1. The summed E-state index contributed by atoms with van der Waals surface area (Å²) in [6.07, 6.45) is 0.346. The predicted molar refractivity (Wildman–Crippen MR) is 98.2 cm³/mol. The number of ether oxygens (including phenoxy) is 2. The van der Waals surface area contributed by atoms with Gasteiger partial charge >= 0.3 is 0 Å². The van der Waals surface area contributed by atoms with E-state index in [2.05, 4.69) is 10.3 Å². The molecule has 11 heteroatoms. The molecule has 0 unspecified atom stereocenters. The third kappa shape index (κ3) is 4.60. The SMILES string of the molecule is COC(CNc1sc(S(C)(=O)=O)nc1S(=O)(=O)c1ccc(C)cc1)OC. The molecule has 0 aliphatic carbocycles. The van der Waals surface area contributed by atoms with Crippen molar-refractivity contribution in [1.29, 1.82) is 0 Å². The maximum atomic E-state index is 12.9. The molecular formula is C15H20N2O6S3. The van der Waals surface area contributed by atoms with E-state index in [0.29, 0.717) is 0 Å². The Kier molecular flexibility index (Phi) is 6.40. The van der Waals surface area contributed by atoms with Crippen LogP contribution in [-0.2, 0) is 29.1 Å². The summed E-state index contributed by atoms with van der Waals surface area (Å²) in [5.41, 5.74) is 0.903. The monoisotopic (exact) mass is 420 g/mol. The fraction of sp³-hybridized carbons (Fsp3) is 0.400. The molecule has 1 aromatic heterocycles. The zero-order valence-corrected chi connectivity index (χ0v) is 17.2. The van der Waals surface area contributed by atoms with Crippen molar-refractivity contribution >= 4 is 36.0 Å². The van der Waals surface area contributed by atoms with Gasteiger partial charge in [0.1, 0.15) is 5.00 Å². The highest BCUT2D eigenvalue weighted by molar-refractivity contribution is 7.93. The molecule has 2 rings (SSSR count). The third-order valence-electron chi connectivity index (χ3n) is 3.43. The van der Waals surface area contributed by atoms with E-state index < -0.39 is 26.0 Å². The summed E-state index contributed by atoms with van der Waals surface area (Å²) in [5, 5.41) is 2.64. The molecule has 1 aromatic carbocycles. The highest BCUT2D eigenvalue weighted by atomic mass is 32.2. The Hall–Kier alpha value is -1.53. The fourth-order valence-electron chi connectivity index (χ4n) is 2.01. The number of benzene rings is 1. The van der Waals surface area contributed by atoms with Crippen LogP contribution in [0.25, 0.3) is 0 Å². The van der Waals surface area contributed by atoms with Gasteiger partial charge in [-0.3, -0.25) is 0 Å². The van der Waals surface area contributed by atoms with Crippen molar-refractivity contribution in [2.24, 2.45) is 0 Å². The second kappa shape index (κ2) is 8.01. The first-order chi connectivity index (χ1) is 12.1. The summed E-state index contributed by atoms with van der Waals surface area (Å²) in [7, 11) is -4.78. The second-order valence-electron chi connectivity index (χ2n) is 5.48. The molecule has 0 atom stereocenters. The van der Waals surface area contributed by atoms with Crippen LogP contribution in [0.15, 0.2) is 38.5 Å². The number of thiazole rings is 1. The van der Waals surface area contributed by atoms with E-state index in [4.69, 9.17) is 9.47 Å². The number of methoxy groups -OCH3 is 2. The maximum Gasteiger partial charge on any atom is 0.226 e. The van der Waals surface area contributed by atoms with E-state index >= 15 is 0 Å². The van der Waals surface area contributed by atoms with Gasteiger partial charge in [0.15, 0.2) is 11.3 Å². The molecule has 0 radical (unpaired) electrons. The summed E-state index contributed by atoms with van der Waals surface area (Å²) in [6, 6.07) is 6.24. The Labute approximate surface area is 157 Å². The summed E-state index contributed by atoms with van der Waals surface area (Å²) in [4.78, 5) is 3.91. The van der Waals surface area contributed by atoms with Gasteiger partial charge in [0, 0.05) is 20.5 Å². The lowest BCUT2D eigenvalue weighted by Crippen LogP contribution is -2.23. The molecule has 1 heterocycles. The number of anilines is 1. The number of aryl methyl sites for hydroxylation is 1. The fourth-order valence-corrected chi connectivity index (χ4v) is 5.54. The van der Waals surface area contributed by atoms with Crippen LogP contribution in [0.3, 0.4) is 0 Å². The first-order valence-corrected chi connectivity index (χ1v) is 11.6. The molecule has 1 N–H and O–H groups in total. The standard InChI is InChI=1S/C15H20N2O6S3/c1-10-5-7-11(8-6-10)26(20,21)14-13(16-9-12(22-2)23-3)24-15(17-14)25(4,18)19/h5-8,12,16H,9H2,1-4H3. The summed E-state index contributed by atoms with van der Waals surface area (Å²) in [6.45, 7) is 1.96. The van der Waals surface area contributed by atoms with Crippen molar-refractivity contribution in [3.63, 3.8) is 0 Å². The molecule has 0 saturated carbocycles. The molecule has 0 aliphatic heterocycles. The molecule has 144 valence electrons. The van der Waals surface area contributed by atoms with Crippen LogP contribution in [0.4, 0.5) is 5.00 Å². The van der Waals surface area contributed by atoms with Crippen molar-refractivity contribution < 1.29 is 26.3 Å². The van der Waals surface area contributed by atoms with Crippen LogP contribution in [0.1, 0.15) is 5.56 Å². The van der Waals surface area contributed by atoms with E-state index in [1.165, 1.54) is 26.4 Å². The Morgan fingerprint density at radius 3 is 2.19 bits per heavy atom. The van der Waals surface area contributed by atoms with E-state index in [0.717, 1.165) is 23.2 Å². The maximum absolute atomic E-state index is 12.9. The van der Waals surface area contributed by atoms with Gasteiger partial charge in [-0.05, 0) is 19.1 Å². The van der Waals surface area contributed by atoms with Crippen molar-refractivity contribution in [1.82, 2.24) is 4.98 Å². The van der Waals surface area contributed by atoms with Gasteiger partial charge in [0.2, 0.25) is 24.0 Å². The van der Waals surface area contributed by atoms with Gasteiger partial charge in [0.05, 0.1) is 11.4 Å². The van der Waals surface area contributed by atoms with Gasteiger partial charge in [-0.15, -0.1) is 0 Å². The Morgan fingerprint density at radius 1 is 1.12 bits per heavy atom. The van der Waals surface area contributed by atoms with Crippen LogP contribution in [0.2, 0.25) is 0 Å². The lowest BCUT2D eigenvalue weighted by molar-refractivity contribution is -0.0913. The van der Waals surface area contributed by atoms with E-state index in [9.17, 15) is 16.8 Å². The molecular weight excluding hydrogens is 400 g/mol.